The number of rotatable bonds is 4. The Labute approximate surface area is 119 Å². The van der Waals surface area contributed by atoms with Crippen LogP contribution in [0.2, 0.25) is 0 Å². The Balaban J connectivity index is 1.72. The summed E-state index contributed by atoms with van der Waals surface area (Å²) >= 11 is 0. The van der Waals surface area contributed by atoms with Gasteiger partial charge in [-0.05, 0) is 55.9 Å². The third kappa shape index (κ3) is 3.07. The van der Waals surface area contributed by atoms with Gasteiger partial charge in [-0.1, -0.05) is 12.1 Å². The predicted molar refractivity (Wildman–Crippen MR) is 79.5 cm³/mol. The van der Waals surface area contributed by atoms with E-state index in [1.54, 1.807) is 0 Å². The summed E-state index contributed by atoms with van der Waals surface area (Å²) in [5, 5.41) is 6.27. The van der Waals surface area contributed by atoms with E-state index in [1.165, 1.54) is 24.0 Å². The van der Waals surface area contributed by atoms with Crippen molar-refractivity contribution in [2.75, 3.05) is 19.6 Å². The SMILES string of the molecule is Cc1nc(C(=O)NCC2CC2)ccc1C1=CCNCC1. The van der Waals surface area contributed by atoms with E-state index in [0.29, 0.717) is 11.6 Å². The molecule has 2 aliphatic rings. The summed E-state index contributed by atoms with van der Waals surface area (Å²) in [4.78, 5) is 16.5. The lowest BCUT2D eigenvalue weighted by Crippen LogP contribution is -2.26. The van der Waals surface area contributed by atoms with Crippen LogP contribution in [0.3, 0.4) is 0 Å². The van der Waals surface area contributed by atoms with Crippen LogP contribution in [-0.2, 0) is 0 Å². The Morgan fingerprint density at radius 2 is 2.30 bits per heavy atom. The third-order valence-electron chi connectivity index (χ3n) is 3.98. The summed E-state index contributed by atoms with van der Waals surface area (Å²) in [6.07, 6.45) is 5.72. The van der Waals surface area contributed by atoms with Gasteiger partial charge >= 0.3 is 0 Å². The Morgan fingerprint density at radius 1 is 1.45 bits per heavy atom. The number of nitrogens with zero attached hydrogens (tertiary/aromatic N) is 1. The molecule has 0 atom stereocenters. The molecule has 0 bridgehead atoms. The molecule has 1 aromatic rings. The third-order valence-corrected chi connectivity index (χ3v) is 3.98. The lowest BCUT2D eigenvalue weighted by Gasteiger charge is -2.16. The van der Waals surface area contributed by atoms with Crippen molar-refractivity contribution in [2.24, 2.45) is 5.92 Å². The molecule has 0 aromatic carbocycles. The molecule has 1 aliphatic heterocycles. The van der Waals surface area contributed by atoms with Gasteiger partial charge in [0.05, 0.1) is 0 Å². The highest BCUT2D eigenvalue weighted by Gasteiger charge is 2.22. The van der Waals surface area contributed by atoms with Crippen molar-refractivity contribution in [1.82, 2.24) is 15.6 Å². The van der Waals surface area contributed by atoms with Crippen molar-refractivity contribution in [3.05, 3.63) is 35.2 Å². The second kappa shape index (κ2) is 5.75. The maximum absolute atomic E-state index is 12.0. The Morgan fingerprint density at radius 3 is 2.95 bits per heavy atom. The summed E-state index contributed by atoms with van der Waals surface area (Å²) in [5.41, 5.74) is 3.97. The lowest BCUT2D eigenvalue weighted by atomic mass is 9.99. The second-order valence-electron chi connectivity index (χ2n) is 5.67. The van der Waals surface area contributed by atoms with Crippen molar-refractivity contribution in [1.29, 1.82) is 0 Å². The van der Waals surface area contributed by atoms with Gasteiger partial charge in [-0.2, -0.15) is 0 Å². The van der Waals surface area contributed by atoms with Crippen molar-refractivity contribution < 1.29 is 4.79 Å². The lowest BCUT2D eigenvalue weighted by molar-refractivity contribution is 0.0946. The van der Waals surface area contributed by atoms with Crippen LogP contribution in [0, 0.1) is 12.8 Å². The molecule has 2 N–H and O–H groups in total. The first-order valence-corrected chi connectivity index (χ1v) is 7.40. The number of carbonyl (C=O) groups is 1. The van der Waals surface area contributed by atoms with Gasteiger partial charge < -0.3 is 10.6 Å². The quantitative estimate of drug-likeness (QED) is 0.879. The van der Waals surface area contributed by atoms with Gasteiger partial charge in [-0.15, -0.1) is 0 Å². The zero-order valence-corrected chi connectivity index (χ0v) is 11.9. The van der Waals surface area contributed by atoms with E-state index in [1.807, 2.05) is 19.1 Å². The van der Waals surface area contributed by atoms with E-state index in [9.17, 15) is 4.79 Å². The number of hydrogen-bond acceptors (Lipinski definition) is 3. The molecule has 4 heteroatoms. The van der Waals surface area contributed by atoms with E-state index >= 15 is 0 Å². The first-order valence-electron chi connectivity index (χ1n) is 7.40. The van der Waals surface area contributed by atoms with Gasteiger partial charge in [0, 0.05) is 18.8 Å². The summed E-state index contributed by atoms with van der Waals surface area (Å²) in [6, 6.07) is 3.87. The molecule has 0 spiro atoms. The van der Waals surface area contributed by atoms with Crippen LogP contribution < -0.4 is 10.6 Å². The Kier molecular flexibility index (Phi) is 3.83. The number of nitrogens with one attached hydrogen (secondary N) is 2. The van der Waals surface area contributed by atoms with Crippen LogP contribution in [0.15, 0.2) is 18.2 Å². The van der Waals surface area contributed by atoms with E-state index < -0.39 is 0 Å². The number of aromatic nitrogens is 1. The van der Waals surface area contributed by atoms with Gasteiger partial charge in [-0.3, -0.25) is 4.79 Å². The average molecular weight is 271 g/mol. The number of hydrogen-bond donors (Lipinski definition) is 2. The van der Waals surface area contributed by atoms with Crippen LogP contribution in [0.25, 0.3) is 5.57 Å². The molecule has 106 valence electrons. The first-order chi connectivity index (χ1) is 9.74. The zero-order valence-electron chi connectivity index (χ0n) is 11.9. The fraction of sp³-hybridized carbons (Fsp3) is 0.500. The number of amides is 1. The summed E-state index contributed by atoms with van der Waals surface area (Å²) < 4.78 is 0. The highest BCUT2D eigenvalue weighted by atomic mass is 16.1. The highest BCUT2D eigenvalue weighted by Crippen LogP contribution is 2.27. The number of pyridine rings is 1. The minimum absolute atomic E-state index is 0.0501. The normalized spacial score (nSPS) is 18.6. The molecular formula is C16H21N3O. The van der Waals surface area contributed by atoms with Crippen LogP contribution in [0.5, 0.6) is 0 Å². The number of aryl methyl sites for hydroxylation is 1. The van der Waals surface area contributed by atoms with Crippen molar-refractivity contribution in [3.8, 4) is 0 Å². The highest BCUT2D eigenvalue weighted by molar-refractivity contribution is 5.92. The van der Waals surface area contributed by atoms with E-state index in [-0.39, 0.29) is 5.91 Å². The minimum atomic E-state index is -0.0501. The van der Waals surface area contributed by atoms with Crippen LogP contribution in [0.4, 0.5) is 0 Å². The van der Waals surface area contributed by atoms with E-state index in [2.05, 4.69) is 21.7 Å². The van der Waals surface area contributed by atoms with Gasteiger partial charge in [0.25, 0.3) is 5.91 Å². The maximum Gasteiger partial charge on any atom is 0.269 e. The smallest absolute Gasteiger partial charge is 0.269 e. The maximum atomic E-state index is 12.0. The van der Waals surface area contributed by atoms with Gasteiger partial charge in [-0.25, -0.2) is 4.98 Å². The van der Waals surface area contributed by atoms with Gasteiger partial charge in [0.15, 0.2) is 0 Å². The Hall–Kier alpha value is -1.68. The molecule has 1 saturated carbocycles. The molecule has 0 unspecified atom stereocenters. The van der Waals surface area contributed by atoms with Crippen LogP contribution in [0.1, 0.15) is 41.0 Å². The fourth-order valence-corrected chi connectivity index (χ4v) is 2.54. The Bertz CT molecular complexity index is 547. The molecule has 1 fully saturated rings. The molecule has 1 amide bonds. The monoisotopic (exact) mass is 271 g/mol. The zero-order chi connectivity index (χ0) is 13.9. The number of carbonyl (C=O) groups excluding carboxylic acids is 1. The molecule has 2 heterocycles. The summed E-state index contributed by atoms with van der Waals surface area (Å²) in [6.45, 7) is 4.70. The predicted octanol–water partition coefficient (Wildman–Crippen LogP) is 1.91. The molecule has 20 heavy (non-hydrogen) atoms. The largest absolute Gasteiger partial charge is 0.350 e. The average Bonchev–Trinajstić information content (AvgIpc) is 3.30. The fourth-order valence-electron chi connectivity index (χ4n) is 2.54. The summed E-state index contributed by atoms with van der Waals surface area (Å²) in [7, 11) is 0. The molecule has 0 radical (unpaired) electrons. The van der Waals surface area contributed by atoms with Crippen molar-refractivity contribution in [3.63, 3.8) is 0 Å². The summed E-state index contributed by atoms with van der Waals surface area (Å²) in [5.74, 6) is 0.644. The van der Waals surface area contributed by atoms with E-state index in [0.717, 1.165) is 31.7 Å². The molecular weight excluding hydrogens is 250 g/mol. The van der Waals surface area contributed by atoms with Crippen LogP contribution in [-0.4, -0.2) is 30.5 Å². The van der Waals surface area contributed by atoms with Crippen LogP contribution >= 0.6 is 0 Å². The molecule has 4 nitrogen and oxygen atoms in total. The minimum Gasteiger partial charge on any atom is -0.350 e. The second-order valence-corrected chi connectivity index (χ2v) is 5.67. The molecule has 1 aliphatic carbocycles. The molecule has 1 aromatic heterocycles. The molecule has 0 saturated heterocycles. The first kappa shape index (κ1) is 13.3. The van der Waals surface area contributed by atoms with Gasteiger partial charge in [0.1, 0.15) is 5.69 Å². The topological polar surface area (TPSA) is 54.0 Å². The van der Waals surface area contributed by atoms with Crippen molar-refractivity contribution >= 4 is 11.5 Å². The van der Waals surface area contributed by atoms with E-state index in [4.69, 9.17) is 0 Å². The van der Waals surface area contributed by atoms with Gasteiger partial charge in [0.2, 0.25) is 0 Å². The molecule has 3 rings (SSSR count). The standard InChI is InChI=1S/C16H21N3O/c1-11-14(13-6-8-17-9-7-13)4-5-15(19-11)16(20)18-10-12-2-3-12/h4-6,12,17H,2-3,7-10H2,1H3,(H,18,20). The van der Waals surface area contributed by atoms with Crippen molar-refractivity contribution in [2.45, 2.75) is 26.2 Å².